The van der Waals surface area contributed by atoms with Crippen molar-refractivity contribution < 1.29 is 14.3 Å². The molecule has 1 aliphatic heterocycles. The Labute approximate surface area is 133 Å². The SMILES string of the molecule is CCN1CCOC(COC(=O)c2cc(Br)cc(N)c2C)C1. The lowest BCUT2D eigenvalue weighted by molar-refractivity contribution is -0.0578. The first kappa shape index (κ1) is 16.3. The molecule has 0 radical (unpaired) electrons. The third kappa shape index (κ3) is 4.18. The van der Waals surface area contributed by atoms with Crippen molar-refractivity contribution in [1.82, 2.24) is 4.90 Å². The molecule has 21 heavy (non-hydrogen) atoms. The van der Waals surface area contributed by atoms with Gasteiger partial charge in [0.05, 0.1) is 12.2 Å². The van der Waals surface area contributed by atoms with Crippen molar-refractivity contribution in [2.24, 2.45) is 0 Å². The van der Waals surface area contributed by atoms with Crippen LogP contribution in [0.3, 0.4) is 0 Å². The fraction of sp³-hybridized carbons (Fsp3) is 0.533. The Bertz CT molecular complexity index is 522. The number of halogens is 1. The van der Waals surface area contributed by atoms with E-state index in [1.807, 2.05) is 6.92 Å². The van der Waals surface area contributed by atoms with E-state index >= 15 is 0 Å². The lowest BCUT2D eigenvalue weighted by Crippen LogP contribution is -2.44. The van der Waals surface area contributed by atoms with Crippen LogP contribution in [-0.2, 0) is 9.47 Å². The van der Waals surface area contributed by atoms with Crippen LogP contribution in [0.5, 0.6) is 0 Å². The smallest absolute Gasteiger partial charge is 0.338 e. The van der Waals surface area contributed by atoms with Crippen molar-refractivity contribution in [3.05, 3.63) is 27.7 Å². The first-order valence-electron chi connectivity index (χ1n) is 7.08. The van der Waals surface area contributed by atoms with E-state index in [1.165, 1.54) is 0 Å². The number of hydrogen-bond donors (Lipinski definition) is 1. The lowest BCUT2D eigenvalue weighted by atomic mass is 10.1. The second-order valence-corrected chi connectivity index (χ2v) is 6.07. The van der Waals surface area contributed by atoms with Gasteiger partial charge in [0.1, 0.15) is 12.7 Å². The van der Waals surface area contributed by atoms with E-state index in [0.717, 1.165) is 29.7 Å². The number of anilines is 1. The van der Waals surface area contributed by atoms with Crippen molar-refractivity contribution in [3.8, 4) is 0 Å². The van der Waals surface area contributed by atoms with Gasteiger partial charge in [-0.15, -0.1) is 0 Å². The number of likely N-dealkylation sites (N-methyl/N-ethyl adjacent to an activating group) is 1. The van der Waals surface area contributed by atoms with E-state index < -0.39 is 0 Å². The standard InChI is InChI=1S/C15H21BrN2O3/c1-3-18-4-5-20-12(8-18)9-21-15(19)13-6-11(16)7-14(17)10(13)2/h6-7,12H,3-5,8-9,17H2,1-2H3. The minimum atomic E-state index is -0.363. The molecule has 1 aromatic rings. The van der Waals surface area contributed by atoms with Crippen molar-refractivity contribution in [3.63, 3.8) is 0 Å². The number of carbonyl (C=O) groups is 1. The molecule has 1 fully saturated rings. The molecule has 6 heteroatoms. The predicted octanol–water partition coefficient (Wildman–Crippen LogP) is 2.22. The zero-order valence-electron chi connectivity index (χ0n) is 12.4. The third-order valence-electron chi connectivity index (χ3n) is 3.70. The molecule has 0 aliphatic carbocycles. The number of morpholine rings is 1. The molecule has 0 saturated carbocycles. The summed E-state index contributed by atoms with van der Waals surface area (Å²) in [5.74, 6) is -0.363. The first-order chi connectivity index (χ1) is 10.0. The number of hydrogen-bond acceptors (Lipinski definition) is 5. The van der Waals surface area contributed by atoms with Crippen molar-refractivity contribution in [2.75, 3.05) is 38.6 Å². The van der Waals surface area contributed by atoms with Crippen LogP contribution in [0.25, 0.3) is 0 Å². The Morgan fingerprint density at radius 2 is 2.33 bits per heavy atom. The maximum atomic E-state index is 12.2. The molecule has 0 bridgehead atoms. The van der Waals surface area contributed by atoms with Gasteiger partial charge in [-0.3, -0.25) is 4.90 Å². The third-order valence-corrected chi connectivity index (χ3v) is 4.16. The highest BCUT2D eigenvalue weighted by molar-refractivity contribution is 9.10. The number of nitrogens with two attached hydrogens (primary N) is 1. The minimum Gasteiger partial charge on any atom is -0.459 e. The second kappa shape index (κ2) is 7.24. The fourth-order valence-corrected chi connectivity index (χ4v) is 2.80. The molecule has 116 valence electrons. The van der Waals surface area contributed by atoms with Gasteiger partial charge in [0.25, 0.3) is 0 Å². The number of nitrogens with zero attached hydrogens (tertiary/aromatic N) is 1. The van der Waals surface area contributed by atoms with Gasteiger partial charge in [0, 0.05) is 23.2 Å². The molecule has 5 nitrogen and oxygen atoms in total. The monoisotopic (exact) mass is 356 g/mol. The minimum absolute atomic E-state index is 0.0625. The molecular weight excluding hydrogens is 336 g/mol. The Morgan fingerprint density at radius 3 is 3.05 bits per heavy atom. The van der Waals surface area contributed by atoms with Crippen molar-refractivity contribution in [2.45, 2.75) is 20.0 Å². The maximum Gasteiger partial charge on any atom is 0.338 e. The first-order valence-corrected chi connectivity index (χ1v) is 7.87. The number of benzene rings is 1. The van der Waals surface area contributed by atoms with Crippen LogP contribution in [0, 0.1) is 6.92 Å². The molecule has 1 unspecified atom stereocenters. The van der Waals surface area contributed by atoms with Crippen LogP contribution in [0.1, 0.15) is 22.8 Å². The highest BCUT2D eigenvalue weighted by Gasteiger charge is 2.22. The lowest BCUT2D eigenvalue weighted by Gasteiger charge is -2.31. The topological polar surface area (TPSA) is 64.8 Å². The van der Waals surface area contributed by atoms with E-state index in [-0.39, 0.29) is 18.7 Å². The number of ether oxygens (including phenoxy) is 2. The molecule has 1 saturated heterocycles. The van der Waals surface area contributed by atoms with Crippen LogP contribution in [-0.4, -0.2) is 49.8 Å². The zero-order valence-corrected chi connectivity index (χ0v) is 14.0. The van der Waals surface area contributed by atoms with Crippen LogP contribution in [0.15, 0.2) is 16.6 Å². The Kier molecular flexibility index (Phi) is 5.61. The van der Waals surface area contributed by atoms with Gasteiger partial charge in [0.2, 0.25) is 0 Å². The summed E-state index contributed by atoms with van der Waals surface area (Å²) in [4.78, 5) is 14.5. The fourth-order valence-electron chi connectivity index (χ4n) is 2.33. The summed E-state index contributed by atoms with van der Waals surface area (Å²) < 4.78 is 11.8. The Hall–Kier alpha value is -1.11. The molecule has 1 heterocycles. The molecule has 0 aromatic heterocycles. The van der Waals surface area contributed by atoms with E-state index in [1.54, 1.807) is 12.1 Å². The summed E-state index contributed by atoms with van der Waals surface area (Å²) in [6.07, 6.45) is -0.0625. The summed E-state index contributed by atoms with van der Waals surface area (Å²) >= 11 is 3.34. The summed E-state index contributed by atoms with van der Waals surface area (Å²) in [6.45, 7) is 7.58. The largest absolute Gasteiger partial charge is 0.459 e. The second-order valence-electron chi connectivity index (χ2n) is 5.15. The van der Waals surface area contributed by atoms with Gasteiger partial charge >= 0.3 is 5.97 Å². The van der Waals surface area contributed by atoms with Gasteiger partial charge in [-0.2, -0.15) is 0 Å². The quantitative estimate of drug-likeness (QED) is 0.661. The number of esters is 1. The summed E-state index contributed by atoms with van der Waals surface area (Å²) in [6, 6.07) is 3.50. The van der Waals surface area contributed by atoms with Crippen molar-refractivity contribution in [1.29, 1.82) is 0 Å². The molecule has 0 amide bonds. The van der Waals surface area contributed by atoms with Gasteiger partial charge < -0.3 is 15.2 Å². The van der Waals surface area contributed by atoms with Crippen LogP contribution >= 0.6 is 15.9 Å². The highest BCUT2D eigenvalue weighted by Crippen LogP contribution is 2.23. The predicted molar refractivity (Wildman–Crippen MR) is 85.4 cm³/mol. The van der Waals surface area contributed by atoms with Crippen LogP contribution in [0.2, 0.25) is 0 Å². The van der Waals surface area contributed by atoms with Gasteiger partial charge in [-0.1, -0.05) is 22.9 Å². The normalized spacial score (nSPS) is 19.5. The molecule has 1 aromatic carbocycles. The van der Waals surface area contributed by atoms with E-state index in [0.29, 0.717) is 17.9 Å². The summed E-state index contributed by atoms with van der Waals surface area (Å²) in [7, 11) is 0. The molecule has 1 atom stereocenters. The maximum absolute atomic E-state index is 12.2. The van der Waals surface area contributed by atoms with E-state index in [9.17, 15) is 4.79 Å². The Balaban J connectivity index is 1.96. The summed E-state index contributed by atoms with van der Waals surface area (Å²) in [5.41, 5.74) is 7.67. The van der Waals surface area contributed by atoms with E-state index in [2.05, 4.69) is 27.8 Å². The molecule has 0 spiro atoms. The van der Waals surface area contributed by atoms with Gasteiger partial charge in [-0.25, -0.2) is 4.79 Å². The molecule has 2 rings (SSSR count). The Morgan fingerprint density at radius 1 is 1.57 bits per heavy atom. The average molecular weight is 357 g/mol. The van der Waals surface area contributed by atoms with Crippen LogP contribution < -0.4 is 5.73 Å². The van der Waals surface area contributed by atoms with Crippen LogP contribution in [0.4, 0.5) is 5.69 Å². The van der Waals surface area contributed by atoms with Gasteiger partial charge in [0.15, 0.2) is 0 Å². The average Bonchev–Trinajstić information content (AvgIpc) is 2.48. The zero-order chi connectivity index (χ0) is 15.4. The molecule has 2 N–H and O–H groups in total. The van der Waals surface area contributed by atoms with Crippen molar-refractivity contribution >= 4 is 27.6 Å². The highest BCUT2D eigenvalue weighted by atomic mass is 79.9. The molecule has 1 aliphatic rings. The van der Waals surface area contributed by atoms with E-state index in [4.69, 9.17) is 15.2 Å². The molecular formula is C15H21BrN2O3. The number of carbonyl (C=O) groups excluding carboxylic acids is 1. The number of nitrogen functional groups attached to an aromatic ring is 1. The summed E-state index contributed by atoms with van der Waals surface area (Å²) in [5, 5.41) is 0. The van der Waals surface area contributed by atoms with Gasteiger partial charge in [-0.05, 0) is 31.2 Å². The number of rotatable bonds is 4.